The second-order valence-electron chi connectivity index (χ2n) is 4.91. The van der Waals surface area contributed by atoms with Gasteiger partial charge in [-0.25, -0.2) is 0 Å². The zero-order chi connectivity index (χ0) is 18.4. The molecule has 0 aliphatic rings. The molecule has 0 aliphatic carbocycles. The number of benzene rings is 2. The topological polar surface area (TPSA) is 108 Å². The molecule has 1 N–H and O–H groups in total. The molecule has 0 saturated heterocycles. The van der Waals surface area contributed by atoms with E-state index in [9.17, 15) is 29.0 Å². The Morgan fingerprint density at radius 1 is 1.04 bits per heavy atom. The zero-order valence-corrected chi connectivity index (χ0v) is 12.7. The van der Waals surface area contributed by atoms with Gasteiger partial charge in [0.25, 0.3) is 11.4 Å². The quantitative estimate of drug-likeness (QED) is 0.572. The number of anilines is 1. The summed E-state index contributed by atoms with van der Waals surface area (Å²) in [5.41, 5.74) is 0.202. The van der Waals surface area contributed by atoms with E-state index in [2.05, 4.69) is 10.1 Å². The van der Waals surface area contributed by atoms with E-state index < -0.39 is 22.1 Å². The van der Waals surface area contributed by atoms with Crippen LogP contribution in [0, 0.1) is 20.2 Å². The molecule has 2 aromatic carbocycles. The Bertz CT molecular complexity index is 768. The van der Waals surface area contributed by atoms with Gasteiger partial charge in [-0.1, -0.05) is 12.1 Å². The summed E-state index contributed by atoms with van der Waals surface area (Å²) in [6, 6.07) is 9.33. The van der Waals surface area contributed by atoms with E-state index in [0.29, 0.717) is 13.0 Å². The molecule has 0 bridgehead atoms. The number of ether oxygens (including phenoxy) is 1. The lowest BCUT2D eigenvalue weighted by Crippen LogP contribution is -2.07. The fraction of sp³-hybridized carbons (Fsp3) is 0.200. The normalized spacial score (nSPS) is 10.5. The second-order valence-corrected chi connectivity index (χ2v) is 4.91. The van der Waals surface area contributed by atoms with Crippen molar-refractivity contribution in [1.29, 1.82) is 0 Å². The summed E-state index contributed by atoms with van der Waals surface area (Å²) < 4.78 is 28.4. The van der Waals surface area contributed by atoms with Crippen LogP contribution in [0.1, 0.15) is 5.56 Å². The van der Waals surface area contributed by atoms with Crippen LogP contribution in [0.15, 0.2) is 42.5 Å². The number of alkyl halides is 2. The van der Waals surface area contributed by atoms with Crippen LogP contribution in [0.4, 0.5) is 25.8 Å². The third-order valence-electron chi connectivity index (χ3n) is 3.27. The molecule has 0 aromatic heterocycles. The Labute approximate surface area is 140 Å². The summed E-state index contributed by atoms with van der Waals surface area (Å²) in [6.07, 6.45) is 0.461. The van der Waals surface area contributed by atoms with Gasteiger partial charge >= 0.3 is 6.61 Å². The average molecular weight is 353 g/mol. The zero-order valence-electron chi connectivity index (χ0n) is 12.7. The Morgan fingerprint density at radius 2 is 1.72 bits per heavy atom. The standard InChI is InChI=1S/C15H13F2N3O5/c16-15(17)25-12-4-1-10(2-5-12)7-8-18-13-6-3-11(19(21)22)9-14(13)20(23)24/h1-6,9,15,18H,7-8H2. The monoisotopic (exact) mass is 353 g/mol. The fourth-order valence-electron chi connectivity index (χ4n) is 2.11. The number of nitrogens with zero attached hydrogens (tertiary/aromatic N) is 2. The molecule has 0 fully saturated rings. The van der Waals surface area contributed by atoms with Crippen molar-refractivity contribution >= 4 is 17.1 Å². The maximum absolute atomic E-state index is 12.1. The van der Waals surface area contributed by atoms with Crippen LogP contribution in [0.5, 0.6) is 5.75 Å². The summed E-state index contributed by atoms with van der Waals surface area (Å²) >= 11 is 0. The van der Waals surface area contributed by atoms with E-state index in [0.717, 1.165) is 11.6 Å². The van der Waals surface area contributed by atoms with Crippen molar-refractivity contribution in [3.63, 3.8) is 0 Å². The fourth-order valence-corrected chi connectivity index (χ4v) is 2.11. The second kappa shape index (κ2) is 7.99. The predicted octanol–water partition coefficient (Wildman–Crippen LogP) is 3.76. The molecule has 0 aliphatic heterocycles. The van der Waals surface area contributed by atoms with E-state index in [1.807, 2.05) is 0 Å². The molecule has 0 radical (unpaired) electrons. The highest BCUT2D eigenvalue weighted by Gasteiger charge is 2.19. The maximum atomic E-state index is 12.1. The van der Waals surface area contributed by atoms with Crippen molar-refractivity contribution < 1.29 is 23.4 Å². The van der Waals surface area contributed by atoms with E-state index in [1.165, 1.54) is 24.3 Å². The Hall–Kier alpha value is -3.30. The molecule has 25 heavy (non-hydrogen) atoms. The molecule has 0 saturated carbocycles. The molecule has 0 heterocycles. The molecule has 0 amide bonds. The maximum Gasteiger partial charge on any atom is 0.387 e. The first-order valence-electron chi connectivity index (χ1n) is 7.07. The summed E-state index contributed by atoms with van der Waals surface area (Å²) in [7, 11) is 0. The number of nitro groups is 2. The first-order chi connectivity index (χ1) is 11.9. The van der Waals surface area contributed by atoms with Crippen LogP contribution in [0.2, 0.25) is 0 Å². The predicted molar refractivity (Wildman–Crippen MR) is 85.0 cm³/mol. The Morgan fingerprint density at radius 3 is 2.28 bits per heavy atom. The van der Waals surface area contributed by atoms with E-state index >= 15 is 0 Å². The van der Waals surface area contributed by atoms with Gasteiger partial charge in [0.05, 0.1) is 15.9 Å². The molecule has 0 unspecified atom stereocenters. The number of nitrogens with one attached hydrogen (secondary N) is 1. The lowest BCUT2D eigenvalue weighted by molar-refractivity contribution is -0.393. The lowest BCUT2D eigenvalue weighted by atomic mass is 10.1. The van der Waals surface area contributed by atoms with Crippen molar-refractivity contribution in [3.8, 4) is 5.75 Å². The molecule has 2 rings (SSSR count). The first kappa shape index (κ1) is 18.0. The van der Waals surface area contributed by atoms with Crippen molar-refractivity contribution in [2.24, 2.45) is 0 Å². The van der Waals surface area contributed by atoms with Gasteiger partial charge in [-0.2, -0.15) is 8.78 Å². The summed E-state index contributed by atoms with van der Waals surface area (Å²) in [5, 5.41) is 24.5. The number of rotatable bonds is 8. The highest BCUT2D eigenvalue weighted by Crippen LogP contribution is 2.28. The molecule has 132 valence electrons. The smallest absolute Gasteiger partial charge is 0.387 e. The summed E-state index contributed by atoms with van der Waals surface area (Å²) in [4.78, 5) is 20.3. The Balaban J connectivity index is 1.99. The SMILES string of the molecule is O=[N+]([O-])c1ccc(NCCc2ccc(OC(F)F)cc2)c([N+](=O)[O-])c1. The third-order valence-corrected chi connectivity index (χ3v) is 3.27. The van der Waals surface area contributed by atoms with Gasteiger partial charge in [-0.15, -0.1) is 0 Å². The Kier molecular flexibility index (Phi) is 5.77. The number of hydrogen-bond acceptors (Lipinski definition) is 6. The van der Waals surface area contributed by atoms with E-state index in [-0.39, 0.29) is 17.1 Å². The molecule has 10 heteroatoms. The van der Waals surface area contributed by atoms with Gasteiger partial charge < -0.3 is 10.1 Å². The molecular formula is C15H13F2N3O5. The van der Waals surface area contributed by atoms with Crippen LogP contribution >= 0.6 is 0 Å². The largest absolute Gasteiger partial charge is 0.435 e. The molecular weight excluding hydrogens is 340 g/mol. The van der Waals surface area contributed by atoms with Crippen LogP contribution in [-0.2, 0) is 6.42 Å². The third kappa shape index (κ3) is 5.09. The van der Waals surface area contributed by atoms with Crippen molar-refractivity contribution in [2.45, 2.75) is 13.0 Å². The van der Waals surface area contributed by atoms with Crippen molar-refractivity contribution in [1.82, 2.24) is 0 Å². The van der Waals surface area contributed by atoms with Crippen LogP contribution in [0.25, 0.3) is 0 Å². The van der Waals surface area contributed by atoms with Gasteiger partial charge in [0.2, 0.25) is 0 Å². The van der Waals surface area contributed by atoms with Gasteiger partial charge in [0.15, 0.2) is 0 Å². The summed E-state index contributed by atoms with van der Waals surface area (Å²) in [6.45, 7) is -2.58. The van der Waals surface area contributed by atoms with Crippen LogP contribution in [0.3, 0.4) is 0 Å². The van der Waals surface area contributed by atoms with Crippen LogP contribution < -0.4 is 10.1 Å². The minimum absolute atomic E-state index is 0.0396. The number of halogens is 2. The van der Waals surface area contributed by atoms with Gasteiger partial charge in [-0.05, 0) is 30.2 Å². The molecule has 8 nitrogen and oxygen atoms in total. The van der Waals surface area contributed by atoms with Gasteiger partial charge in [0, 0.05) is 12.6 Å². The first-order valence-corrected chi connectivity index (χ1v) is 7.07. The lowest BCUT2D eigenvalue weighted by Gasteiger charge is -2.08. The number of nitro benzene ring substituents is 2. The van der Waals surface area contributed by atoms with Crippen molar-refractivity contribution in [2.75, 3.05) is 11.9 Å². The van der Waals surface area contributed by atoms with Crippen molar-refractivity contribution in [3.05, 3.63) is 68.3 Å². The van der Waals surface area contributed by atoms with E-state index in [4.69, 9.17) is 0 Å². The molecule has 2 aromatic rings. The number of non-ortho nitro benzene ring substituents is 1. The van der Waals surface area contributed by atoms with E-state index in [1.54, 1.807) is 12.1 Å². The average Bonchev–Trinajstić information content (AvgIpc) is 2.55. The highest BCUT2D eigenvalue weighted by molar-refractivity contribution is 5.65. The van der Waals surface area contributed by atoms with Gasteiger partial charge in [0.1, 0.15) is 11.4 Å². The van der Waals surface area contributed by atoms with Crippen LogP contribution in [-0.4, -0.2) is 23.0 Å². The number of hydrogen-bond donors (Lipinski definition) is 1. The molecule has 0 atom stereocenters. The highest BCUT2D eigenvalue weighted by atomic mass is 19.3. The minimum atomic E-state index is -2.89. The van der Waals surface area contributed by atoms with Gasteiger partial charge in [-0.3, -0.25) is 20.2 Å². The summed E-state index contributed by atoms with van der Waals surface area (Å²) in [5.74, 6) is 0.0396. The minimum Gasteiger partial charge on any atom is -0.435 e. The molecule has 0 spiro atoms.